The zero-order valence-corrected chi connectivity index (χ0v) is 37.1. The van der Waals surface area contributed by atoms with E-state index in [9.17, 15) is 0 Å². The van der Waals surface area contributed by atoms with Crippen LogP contribution in [0.1, 0.15) is 0 Å². The van der Waals surface area contributed by atoms with E-state index in [1.165, 1.54) is 47.7 Å². The maximum absolute atomic E-state index is 3.15. The molecule has 9 aromatic carbocycles. The SMILES string of the molecule is c1ccc([PH](c2ccccc2)(c2ccccc2)[Ru]([PH](c2ccccc2)(c2ccccc2)c2ccccc2)[PH](c2ccccc2)(c2ccccc2)c2ccccc2)cc1. The molecule has 0 amide bonds. The first-order valence-electron chi connectivity index (χ1n) is 20.0. The minimum absolute atomic E-state index is 1.49. The molecule has 9 rings (SSSR count). The first-order valence-corrected chi connectivity index (χ1v) is 33.4. The van der Waals surface area contributed by atoms with Gasteiger partial charge in [0.2, 0.25) is 0 Å². The third kappa shape index (κ3) is 6.57. The van der Waals surface area contributed by atoms with Crippen molar-refractivity contribution in [3.05, 3.63) is 273 Å². The van der Waals surface area contributed by atoms with Gasteiger partial charge in [-0.2, -0.15) is 0 Å². The first-order chi connectivity index (χ1) is 28.8. The van der Waals surface area contributed by atoms with E-state index >= 15 is 0 Å². The Morgan fingerprint density at radius 3 is 0.362 bits per heavy atom. The number of rotatable bonds is 12. The van der Waals surface area contributed by atoms with Crippen LogP contribution in [0.4, 0.5) is 0 Å². The van der Waals surface area contributed by atoms with E-state index < -0.39 is 31.3 Å². The summed E-state index contributed by atoms with van der Waals surface area (Å²) in [5.41, 5.74) is -9.46. The van der Waals surface area contributed by atoms with Crippen molar-refractivity contribution in [2.24, 2.45) is 0 Å². The van der Waals surface area contributed by atoms with Gasteiger partial charge in [0.05, 0.1) is 0 Å². The van der Waals surface area contributed by atoms with Gasteiger partial charge in [-0.05, 0) is 0 Å². The van der Waals surface area contributed by atoms with Gasteiger partial charge in [0.1, 0.15) is 0 Å². The summed E-state index contributed by atoms with van der Waals surface area (Å²) in [4.78, 5) is 0. The predicted octanol–water partition coefficient (Wildman–Crippen LogP) is 9.53. The standard InChI is InChI=1S/3C18H15P.Ru/c3*1-4-10-16(11-5-1)19(17-12-6-2-7-13-17)18-14-8-3-9-15-18;/h3*1-15H;/q;;;-3/p+3. The summed E-state index contributed by atoms with van der Waals surface area (Å²) in [5, 5.41) is 13.4. The molecule has 9 aromatic rings. The fourth-order valence-electron chi connectivity index (χ4n) is 8.99. The Labute approximate surface area is 349 Å². The zero-order chi connectivity index (χ0) is 39.1. The van der Waals surface area contributed by atoms with Crippen molar-refractivity contribution in [3.8, 4) is 0 Å². The molecular weight excluding hydrogens is 843 g/mol. The number of hydrogen-bond donors (Lipinski definition) is 0. The van der Waals surface area contributed by atoms with Crippen LogP contribution in [-0.4, -0.2) is 0 Å². The van der Waals surface area contributed by atoms with Crippen LogP contribution in [0.2, 0.25) is 0 Å². The summed E-state index contributed by atoms with van der Waals surface area (Å²) in [5.74, 6) is 0. The minimum atomic E-state index is -3.15. The molecular formula is C54H48P3Ru. The fourth-order valence-corrected chi connectivity index (χ4v) is 105. The van der Waals surface area contributed by atoms with Crippen molar-refractivity contribution >= 4 is 64.5 Å². The molecule has 58 heavy (non-hydrogen) atoms. The Morgan fingerprint density at radius 2 is 0.259 bits per heavy atom. The van der Waals surface area contributed by atoms with Gasteiger partial charge in [-0.25, -0.2) is 0 Å². The maximum atomic E-state index is 2.51. The van der Waals surface area contributed by atoms with E-state index in [1.807, 2.05) is 0 Å². The summed E-state index contributed by atoms with van der Waals surface area (Å²) >= 11 is -2.70. The van der Waals surface area contributed by atoms with Gasteiger partial charge in [-0.3, -0.25) is 0 Å². The Kier molecular flexibility index (Phi) is 11.5. The molecule has 0 unspecified atom stereocenters. The second-order valence-electron chi connectivity index (χ2n) is 14.5. The Bertz CT molecular complexity index is 2040. The van der Waals surface area contributed by atoms with Crippen molar-refractivity contribution in [2.45, 2.75) is 0 Å². The molecule has 0 atom stereocenters. The van der Waals surface area contributed by atoms with Gasteiger partial charge in [0.25, 0.3) is 0 Å². The molecule has 287 valence electrons. The van der Waals surface area contributed by atoms with Crippen LogP contribution in [0, 0.1) is 0 Å². The normalized spacial score (nSPS) is 12.9. The predicted molar refractivity (Wildman–Crippen MR) is 260 cm³/mol. The summed E-state index contributed by atoms with van der Waals surface area (Å²) in [6, 6.07) is 107. The van der Waals surface area contributed by atoms with Crippen molar-refractivity contribution < 1.29 is 14.5 Å². The average Bonchev–Trinajstić information content (AvgIpc) is 3.33. The Hall–Kier alpha value is -5.11. The van der Waals surface area contributed by atoms with E-state index in [-0.39, 0.29) is 0 Å². The summed E-state index contributed by atoms with van der Waals surface area (Å²) < 4.78 is 0. The molecule has 0 heterocycles. The van der Waals surface area contributed by atoms with E-state index in [2.05, 4.69) is 273 Å². The molecule has 0 saturated heterocycles. The van der Waals surface area contributed by atoms with Crippen molar-refractivity contribution in [2.75, 3.05) is 0 Å². The molecule has 0 aliphatic carbocycles. The number of benzene rings is 9. The van der Waals surface area contributed by atoms with Crippen LogP contribution in [0.15, 0.2) is 273 Å². The van der Waals surface area contributed by atoms with Gasteiger partial charge in [0.15, 0.2) is 0 Å². The second-order valence-corrected chi connectivity index (χ2v) is 49.1. The van der Waals surface area contributed by atoms with Gasteiger partial charge >= 0.3 is 352 Å². The third-order valence-electron chi connectivity index (χ3n) is 11.3. The third-order valence-corrected chi connectivity index (χ3v) is 76.4. The van der Waals surface area contributed by atoms with Gasteiger partial charge in [0, 0.05) is 0 Å². The van der Waals surface area contributed by atoms with Crippen LogP contribution in [-0.2, 0) is 14.5 Å². The summed E-state index contributed by atoms with van der Waals surface area (Å²) in [6.07, 6.45) is 0. The topological polar surface area (TPSA) is 0 Å². The molecule has 4 heteroatoms. The first kappa shape index (κ1) is 38.4. The second kappa shape index (κ2) is 17.4. The monoisotopic (exact) mass is 891 g/mol. The summed E-state index contributed by atoms with van der Waals surface area (Å²) in [7, 11) is 0. The Balaban J connectivity index is 1.68. The zero-order valence-electron chi connectivity index (χ0n) is 32.3. The van der Waals surface area contributed by atoms with Gasteiger partial charge in [-0.1, -0.05) is 0 Å². The molecule has 0 aliphatic heterocycles. The van der Waals surface area contributed by atoms with Crippen LogP contribution in [0.25, 0.3) is 0 Å². The Morgan fingerprint density at radius 1 is 0.155 bits per heavy atom. The number of hydrogen-bond acceptors (Lipinski definition) is 0. The quantitative estimate of drug-likeness (QED) is 0.0848. The van der Waals surface area contributed by atoms with Gasteiger partial charge in [-0.15, -0.1) is 0 Å². The van der Waals surface area contributed by atoms with Crippen LogP contribution in [0.3, 0.4) is 0 Å². The van der Waals surface area contributed by atoms with Crippen LogP contribution in [0.5, 0.6) is 0 Å². The van der Waals surface area contributed by atoms with E-state index in [1.54, 1.807) is 0 Å². The molecule has 0 nitrogen and oxygen atoms in total. The average molecular weight is 891 g/mol. The molecule has 0 radical (unpaired) electrons. The molecule has 0 aromatic heterocycles. The molecule has 0 spiro atoms. The van der Waals surface area contributed by atoms with E-state index in [4.69, 9.17) is 0 Å². The van der Waals surface area contributed by atoms with Crippen molar-refractivity contribution in [1.82, 2.24) is 0 Å². The van der Waals surface area contributed by atoms with E-state index in [0.717, 1.165) is 0 Å². The molecule has 0 fully saturated rings. The molecule has 0 aliphatic rings. The van der Waals surface area contributed by atoms with Crippen molar-refractivity contribution in [1.29, 1.82) is 0 Å². The fraction of sp³-hybridized carbons (Fsp3) is 0. The van der Waals surface area contributed by atoms with E-state index in [0.29, 0.717) is 0 Å². The van der Waals surface area contributed by atoms with Gasteiger partial charge < -0.3 is 0 Å². The molecule has 0 saturated carbocycles. The van der Waals surface area contributed by atoms with Crippen LogP contribution < -0.4 is 47.7 Å². The summed E-state index contributed by atoms with van der Waals surface area (Å²) in [6.45, 7) is 0. The molecule has 0 N–H and O–H groups in total. The van der Waals surface area contributed by atoms with Crippen LogP contribution >= 0.6 is 16.8 Å². The molecule has 0 bridgehead atoms. The van der Waals surface area contributed by atoms with Crippen molar-refractivity contribution in [3.63, 3.8) is 0 Å².